The summed E-state index contributed by atoms with van der Waals surface area (Å²) in [6.45, 7) is 6.92. The first-order chi connectivity index (χ1) is 12.2. The van der Waals surface area contributed by atoms with Crippen LogP contribution in [0.1, 0.15) is 49.5 Å². The number of carbonyl (C=O) groups excluding carboxylic acids is 3. The summed E-state index contributed by atoms with van der Waals surface area (Å²) < 4.78 is 0. The maximum absolute atomic E-state index is 12.6. The van der Waals surface area contributed by atoms with Gasteiger partial charge in [0.15, 0.2) is 0 Å². The zero-order chi connectivity index (χ0) is 19.3. The van der Waals surface area contributed by atoms with Gasteiger partial charge in [0.1, 0.15) is 0 Å². The van der Waals surface area contributed by atoms with E-state index >= 15 is 0 Å². The maximum Gasteiger partial charge on any atom is 0.255 e. The summed E-state index contributed by atoms with van der Waals surface area (Å²) in [5.41, 5.74) is 3.01. The number of benzene rings is 2. The van der Waals surface area contributed by atoms with Crippen molar-refractivity contribution in [1.82, 2.24) is 0 Å². The smallest absolute Gasteiger partial charge is 0.255 e. The van der Waals surface area contributed by atoms with Gasteiger partial charge in [0.25, 0.3) is 5.91 Å². The van der Waals surface area contributed by atoms with Crippen molar-refractivity contribution < 1.29 is 14.4 Å². The van der Waals surface area contributed by atoms with E-state index in [-0.39, 0.29) is 17.7 Å². The van der Waals surface area contributed by atoms with Gasteiger partial charge in [-0.2, -0.15) is 0 Å². The molecule has 2 aromatic carbocycles. The molecule has 3 amide bonds. The molecule has 0 saturated heterocycles. The molecular formula is C20H23N3O3. The quantitative estimate of drug-likeness (QED) is 0.760. The van der Waals surface area contributed by atoms with Crippen molar-refractivity contribution in [2.24, 2.45) is 0 Å². The summed E-state index contributed by atoms with van der Waals surface area (Å²) in [5, 5.41) is 8.11. The minimum atomic E-state index is -0.329. The van der Waals surface area contributed by atoms with Gasteiger partial charge < -0.3 is 16.0 Å². The van der Waals surface area contributed by atoms with Crippen LogP contribution in [0.3, 0.4) is 0 Å². The van der Waals surface area contributed by atoms with Gasteiger partial charge in [-0.3, -0.25) is 14.4 Å². The molecular weight excluding hydrogens is 330 g/mol. The summed E-state index contributed by atoms with van der Waals surface area (Å²) in [5.74, 6) is -0.507. The first kappa shape index (κ1) is 19.2. The topological polar surface area (TPSA) is 87.3 Å². The van der Waals surface area contributed by atoms with Gasteiger partial charge in [-0.05, 0) is 41.8 Å². The van der Waals surface area contributed by atoms with E-state index in [1.807, 2.05) is 24.3 Å². The monoisotopic (exact) mass is 353 g/mol. The van der Waals surface area contributed by atoms with Gasteiger partial charge in [-0.15, -0.1) is 0 Å². The van der Waals surface area contributed by atoms with E-state index in [0.29, 0.717) is 28.5 Å². The zero-order valence-electron chi connectivity index (χ0n) is 15.3. The average molecular weight is 353 g/mol. The number of hydrogen-bond acceptors (Lipinski definition) is 3. The van der Waals surface area contributed by atoms with E-state index in [4.69, 9.17) is 0 Å². The van der Waals surface area contributed by atoms with Gasteiger partial charge in [0.2, 0.25) is 11.8 Å². The van der Waals surface area contributed by atoms with Crippen LogP contribution in [0.15, 0.2) is 42.5 Å². The highest BCUT2D eigenvalue weighted by atomic mass is 16.2. The van der Waals surface area contributed by atoms with E-state index in [2.05, 4.69) is 29.8 Å². The Balaban J connectivity index is 2.30. The van der Waals surface area contributed by atoms with E-state index in [1.165, 1.54) is 13.8 Å². The second kappa shape index (κ2) is 8.29. The van der Waals surface area contributed by atoms with Crippen LogP contribution in [0, 0.1) is 0 Å². The largest absolute Gasteiger partial charge is 0.326 e. The van der Waals surface area contributed by atoms with Gasteiger partial charge in [0.05, 0.1) is 0 Å². The summed E-state index contributed by atoms with van der Waals surface area (Å²) in [7, 11) is 0. The van der Waals surface area contributed by atoms with Gasteiger partial charge in [0, 0.05) is 36.5 Å². The fraction of sp³-hybridized carbons (Fsp3) is 0.250. The molecule has 0 aliphatic heterocycles. The molecule has 0 heterocycles. The Hall–Kier alpha value is -3.15. The molecule has 0 saturated carbocycles. The lowest BCUT2D eigenvalue weighted by molar-refractivity contribution is -0.115. The molecule has 0 bridgehead atoms. The van der Waals surface area contributed by atoms with Crippen LogP contribution >= 0.6 is 0 Å². The lowest BCUT2D eigenvalue weighted by Crippen LogP contribution is -2.15. The summed E-state index contributed by atoms with van der Waals surface area (Å²) >= 11 is 0. The van der Waals surface area contributed by atoms with Crippen LogP contribution in [0.5, 0.6) is 0 Å². The molecule has 6 heteroatoms. The molecule has 0 fully saturated rings. The fourth-order valence-electron chi connectivity index (χ4n) is 2.49. The van der Waals surface area contributed by atoms with Crippen LogP contribution in [0.4, 0.5) is 17.1 Å². The molecule has 3 N–H and O–H groups in total. The van der Waals surface area contributed by atoms with Crippen LogP contribution in [0.25, 0.3) is 0 Å². The number of carbonyl (C=O) groups is 3. The van der Waals surface area contributed by atoms with E-state index in [0.717, 1.165) is 5.56 Å². The van der Waals surface area contributed by atoms with Crippen molar-refractivity contribution >= 4 is 34.8 Å². The first-order valence-corrected chi connectivity index (χ1v) is 8.36. The number of nitrogens with one attached hydrogen (secondary N) is 3. The Morgan fingerprint density at radius 2 is 1.35 bits per heavy atom. The van der Waals surface area contributed by atoms with Crippen LogP contribution in [-0.4, -0.2) is 17.7 Å². The molecule has 2 aromatic rings. The summed E-state index contributed by atoms with van der Waals surface area (Å²) in [4.78, 5) is 35.3. The van der Waals surface area contributed by atoms with Crippen molar-refractivity contribution in [3.8, 4) is 0 Å². The van der Waals surface area contributed by atoms with E-state index in [9.17, 15) is 14.4 Å². The third kappa shape index (κ3) is 5.44. The molecule has 136 valence electrons. The zero-order valence-corrected chi connectivity index (χ0v) is 15.3. The highest BCUT2D eigenvalue weighted by molar-refractivity contribution is 6.06. The van der Waals surface area contributed by atoms with Gasteiger partial charge in [-0.1, -0.05) is 26.0 Å². The SMILES string of the molecule is CC(=O)Nc1cc(NC(C)=O)cc(C(=O)Nc2cccc(C(C)C)c2)c1. The van der Waals surface area contributed by atoms with Crippen LogP contribution < -0.4 is 16.0 Å². The first-order valence-electron chi connectivity index (χ1n) is 8.36. The van der Waals surface area contributed by atoms with Gasteiger partial charge in [-0.25, -0.2) is 0 Å². The average Bonchev–Trinajstić information content (AvgIpc) is 2.53. The number of amides is 3. The van der Waals surface area contributed by atoms with Crippen LogP contribution in [-0.2, 0) is 9.59 Å². The van der Waals surface area contributed by atoms with Crippen molar-refractivity contribution in [2.75, 3.05) is 16.0 Å². The Labute approximate surface area is 153 Å². The molecule has 0 atom stereocenters. The molecule has 2 rings (SSSR count). The lowest BCUT2D eigenvalue weighted by atomic mass is 10.0. The molecule has 0 spiro atoms. The number of rotatable bonds is 5. The van der Waals surface area contributed by atoms with E-state index < -0.39 is 0 Å². The second-order valence-corrected chi connectivity index (χ2v) is 6.40. The second-order valence-electron chi connectivity index (χ2n) is 6.40. The predicted octanol–water partition coefficient (Wildman–Crippen LogP) is 3.98. The van der Waals surface area contributed by atoms with Crippen LogP contribution in [0.2, 0.25) is 0 Å². The summed E-state index contributed by atoms with van der Waals surface area (Å²) in [6.07, 6.45) is 0. The third-order valence-corrected chi connectivity index (χ3v) is 3.65. The molecule has 0 aliphatic rings. The van der Waals surface area contributed by atoms with Gasteiger partial charge >= 0.3 is 0 Å². The normalized spacial score (nSPS) is 10.3. The molecule has 0 aromatic heterocycles. The van der Waals surface area contributed by atoms with Crippen molar-refractivity contribution in [3.63, 3.8) is 0 Å². The lowest BCUT2D eigenvalue weighted by Gasteiger charge is -2.12. The Bertz CT molecular complexity index is 810. The standard InChI is InChI=1S/C20H23N3O3/c1-12(2)15-6-5-7-17(8-15)23-20(26)16-9-18(21-13(3)24)11-19(10-16)22-14(4)25/h5-12H,1-4H3,(H,21,24)(H,22,25)(H,23,26). The molecule has 0 aliphatic carbocycles. The maximum atomic E-state index is 12.6. The Kier molecular flexibility index (Phi) is 6.11. The van der Waals surface area contributed by atoms with Crippen molar-refractivity contribution in [3.05, 3.63) is 53.6 Å². The Morgan fingerprint density at radius 3 is 1.85 bits per heavy atom. The molecule has 0 radical (unpaired) electrons. The summed E-state index contributed by atoms with van der Waals surface area (Å²) in [6, 6.07) is 12.4. The van der Waals surface area contributed by atoms with E-state index in [1.54, 1.807) is 18.2 Å². The molecule has 26 heavy (non-hydrogen) atoms. The predicted molar refractivity (Wildman–Crippen MR) is 104 cm³/mol. The molecule has 6 nitrogen and oxygen atoms in total. The Morgan fingerprint density at radius 1 is 0.769 bits per heavy atom. The minimum Gasteiger partial charge on any atom is -0.326 e. The number of hydrogen-bond donors (Lipinski definition) is 3. The highest BCUT2D eigenvalue weighted by Gasteiger charge is 2.11. The fourth-order valence-corrected chi connectivity index (χ4v) is 2.49. The third-order valence-electron chi connectivity index (χ3n) is 3.65. The van der Waals surface area contributed by atoms with Crippen molar-refractivity contribution in [1.29, 1.82) is 0 Å². The molecule has 0 unspecified atom stereocenters. The number of anilines is 3. The highest BCUT2D eigenvalue weighted by Crippen LogP contribution is 2.22. The minimum absolute atomic E-state index is 0.263. The van der Waals surface area contributed by atoms with Crippen molar-refractivity contribution in [2.45, 2.75) is 33.6 Å².